The molecule has 2 N–H and O–H groups in total. The molecule has 0 aliphatic carbocycles. The van der Waals surface area contributed by atoms with Crippen LogP contribution in [0, 0.1) is 41.5 Å². The molecule has 0 saturated carbocycles. The van der Waals surface area contributed by atoms with Crippen molar-refractivity contribution in [3.8, 4) is 67.5 Å². The third kappa shape index (κ3) is 12.8. The Labute approximate surface area is 487 Å². The lowest BCUT2D eigenvalue weighted by molar-refractivity contribution is 0.290. The lowest BCUT2D eigenvalue weighted by atomic mass is 9.92. The van der Waals surface area contributed by atoms with Crippen molar-refractivity contribution in [3.63, 3.8) is 0 Å². The monoisotopic (exact) mass is 1090 g/mol. The van der Waals surface area contributed by atoms with Gasteiger partial charge in [-0.1, -0.05) is 150 Å². The summed E-state index contributed by atoms with van der Waals surface area (Å²) in [5.41, 5.74) is 22.4. The molecule has 0 atom stereocenters. The number of ether oxygens (including phenoxy) is 4. The van der Waals surface area contributed by atoms with E-state index in [1.165, 1.54) is 110 Å². The van der Waals surface area contributed by atoms with E-state index in [9.17, 15) is 0 Å². The van der Waals surface area contributed by atoms with Crippen LogP contribution in [-0.2, 0) is 0 Å². The van der Waals surface area contributed by atoms with Crippen molar-refractivity contribution in [2.45, 2.75) is 170 Å². The number of aromatic amines is 2. The number of nitrogens with zero attached hydrogens (tertiary/aromatic N) is 2. The molecule has 7 heterocycles. The van der Waals surface area contributed by atoms with E-state index in [0.29, 0.717) is 26.4 Å². The summed E-state index contributed by atoms with van der Waals surface area (Å²) in [5, 5.41) is 0. The number of rotatable bonds is 2. The highest BCUT2D eigenvalue weighted by Gasteiger charge is 2.26. The standard InChI is InChI=1S/C74H86N4O4/c1-49-45-51(3)67(52(4)46-49)69-55-33-37-59(75-55)71-61-39-35-57(77-61)70(68-53(5)47-50(2)48-54(68)6)58-36-40-62(78-58)72(60-38-34-56(69)76-60)74-64-30-28-32-66(74)82-44-26-22-18-14-10-9-13-17-21-25-43-81-65-31-27-29-63(73(65)71)79-41-23-19-15-11-7-8-12-16-20-24-42-80-64/h27-40,45-48,75,78H,7-26,41-44H2,1-6H3. The van der Waals surface area contributed by atoms with E-state index in [-0.39, 0.29) is 0 Å². The maximum atomic E-state index is 7.04. The van der Waals surface area contributed by atoms with Crippen LogP contribution in [0.1, 0.15) is 185 Å². The molecule has 8 nitrogen and oxygen atoms in total. The van der Waals surface area contributed by atoms with E-state index in [2.05, 4.69) is 161 Å². The van der Waals surface area contributed by atoms with Gasteiger partial charge in [0.2, 0.25) is 0 Å². The van der Waals surface area contributed by atoms with Gasteiger partial charge in [0, 0.05) is 44.3 Å². The van der Waals surface area contributed by atoms with Crippen molar-refractivity contribution >= 4 is 46.4 Å². The van der Waals surface area contributed by atoms with Crippen molar-refractivity contribution in [2.24, 2.45) is 0 Å². The average molecular weight is 1100 g/mol. The maximum Gasteiger partial charge on any atom is 0.131 e. The molecule has 0 fully saturated rings. The molecule has 4 aliphatic heterocycles. The molecular weight excluding hydrogens is 1010 g/mol. The second-order valence-corrected chi connectivity index (χ2v) is 23.8. The Kier molecular flexibility index (Phi) is 18.4. The Hall–Kier alpha value is -7.32. The van der Waals surface area contributed by atoms with E-state index in [0.717, 1.165) is 164 Å². The molecule has 0 amide bonds. The first-order chi connectivity index (χ1) is 40.2. The molecule has 82 heavy (non-hydrogen) atoms. The van der Waals surface area contributed by atoms with Crippen molar-refractivity contribution in [1.82, 2.24) is 19.9 Å². The molecular formula is C74H86N4O4. The normalized spacial score (nSPS) is 16.3. The van der Waals surface area contributed by atoms with Crippen LogP contribution < -0.4 is 18.9 Å². The Balaban J connectivity index is 1.29. The summed E-state index contributed by atoms with van der Waals surface area (Å²) in [4.78, 5) is 19.8. The van der Waals surface area contributed by atoms with Gasteiger partial charge in [0.05, 0.1) is 60.3 Å². The number of aromatic nitrogens is 4. The van der Waals surface area contributed by atoms with E-state index in [1.54, 1.807) is 0 Å². The van der Waals surface area contributed by atoms with Crippen LogP contribution in [-0.4, -0.2) is 46.4 Å². The zero-order chi connectivity index (χ0) is 56.4. The molecule has 0 radical (unpaired) electrons. The predicted octanol–water partition coefficient (Wildman–Crippen LogP) is 20.5. The minimum Gasteiger partial charge on any atom is -0.493 e. The third-order valence-electron chi connectivity index (χ3n) is 17.2. The second kappa shape index (κ2) is 26.7. The number of aryl methyl sites for hydroxylation is 6. The van der Waals surface area contributed by atoms with Crippen molar-refractivity contribution in [3.05, 3.63) is 141 Å². The molecule has 0 spiro atoms. The van der Waals surface area contributed by atoms with Crippen LogP contribution >= 0.6 is 0 Å². The van der Waals surface area contributed by atoms with Crippen LogP contribution in [0.2, 0.25) is 0 Å². The molecule has 8 heteroatoms. The predicted molar refractivity (Wildman–Crippen MR) is 343 cm³/mol. The van der Waals surface area contributed by atoms with Gasteiger partial charge in [-0.25, -0.2) is 9.97 Å². The first kappa shape index (κ1) is 56.5. The molecule has 426 valence electrons. The van der Waals surface area contributed by atoms with Crippen LogP contribution in [0.15, 0.2) is 84.9 Å². The van der Waals surface area contributed by atoms with Crippen molar-refractivity contribution in [1.29, 1.82) is 0 Å². The van der Waals surface area contributed by atoms with E-state index >= 15 is 0 Å². The molecule has 0 saturated heterocycles. The van der Waals surface area contributed by atoms with E-state index in [4.69, 9.17) is 28.9 Å². The summed E-state index contributed by atoms with van der Waals surface area (Å²) in [6.45, 7) is 15.8. The quantitative estimate of drug-likeness (QED) is 0.179. The summed E-state index contributed by atoms with van der Waals surface area (Å²) < 4.78 is 28.1. The van der Waals surface area contributed by atoms with Gasteiger partial charge >= 0.3 is 0 Å². The first-order valence-electron chi connectivity index (χ1n) is 31.3. The smallest absolute Gasteiger partial charge is 0.131 e. The average Bonchev–Trinajstić information content (AvgIpc) is 4.25. The second-order valence-electron chi connectivity index (χ2n) is 23.8. The molecule has 11 rings (SSSR count). The highest BCUT2D eigenvalue weighted by Crippen LogP contribution is 2.48. The van der Waals surface area contributed by atoms with Gasteiger partial charge in [-0.3, -0.25) is 0 Å². The highest BCUT2D eigenvalue weighted by molar-refractivity contribution is 6.03. The van der Waals surface area contributed by atoms with Crippen LogP contribution in [0.5, 0.6) is 23.0 Å². The van der Waals surface area contributed by atoms with Gasteiger partial charge in [-0.2, -0.15) is 0 Å². The fraction of sp³-hybridized carbons (Fsp3) is 0.405. The fourth-order valence-electron chi connectivity index (χ4n) is 13.4. The summed E-state index contributed by atoms with van der Waals surface area (Å²) in [5.74, 6) is 3.22. The Morgan fingerprint density at radius 2 is 0.512 bits per heavy atom. The Morgan fingerprint density at radius 3 is 0.768 bits per heavy atom. The van der Waals surface area contributed by atoms with Crippen molar-refractivity contribution < 1.29 is 18.9 Å². The number of hydrogen-bond donors (Lipinski definition) is 2. The zero-order valence-corrected chi connectivity index (χ0v) is 49.9. The maximum absolute atomic E-state index is 7.04. The Morgan fingerprint density at radius 1 is 0.280 bits per heavy atom. The van der Waals surface area contributed by atoms with Gasteiger partial charge in [-0.05, 0) is 173 Å². The van der Waals surface area contributed by atoms with Gasteiger partial charge in [0.15, 0.2) is 0 Å². The third-order valence-corrected chi connectivity index (χ3v) is 17.2. The largest absolute Gasteiger partial charge is 0.493 e. The molecule has 7 aromatic rings. The number of nitrogens with one attached hydrogen (secondary N) is 2. The van der Waals surface area contributed by atoms with Crippen LogP contribution in [0.4, 0.5) is 0 Å². The minimum atomic E-state index is 0.617. The van der Waals surface area contributed by atoms with Gasteiger partial charge in [-0.15, -0.1) is 0 Å². The van der Waals surface area contributed by atoms with Crippen molar-refractivity contribution in [2.75, 3.05) is 26.4 Å². The number of benzene rings is 4. The molecule has 0 unspecified atom stereocenters. The summed E-state index contributed by atoms with van der Waals surface area (Å²) in [6.07, 6.45) is 32.2. The number of H-pyrrole nitrogens is 2. The van der Waals surface area contributed by atoms with Gasteiger partial charge in [0.1, 0.15) is 23.0 Å². The highest BCUT2D eigenvalue weighted by atomic mass is 16.5. The molecule has 4 aromatic carbocycles. The summed E-state index contributed by atoms with van der Waals surface area (Å²) in [6, 6.07) is 30.9. The lowest BCUT2D eigenvalue weighted by Crippen LogP contribution is -2.04. The first-order valence-corrected chi connectivity index (χ1v) is 31.3. The number of hydrogen-bond acceptors (Lipinski definition) is 6. The van der Waals surface area contributed by atoms with Crippen LogP contribution in [0.3, 0.4) is 0 Å². The lowest BCUT2D eigenvalue weighted by Gasteiger charge is -2.18. The molecule has 3 aromatic heterocycles. The topological polar surface area (TPSA) is 94.3 Å². The SMILES string of the molecule is Cc1cc(C)c(-c2c3nc(c4c5ccc([nH]5)c(-c5c(C)cc(C)cc5C)c5nc(c(c6ccc2[nH]6)-c2c6cccc2OCCCCCCCCCCCCOc2cccc(c2-4)OCCCCCCCCCCCCO6)C=C5)C=C3)c(C)c1. The van der Waals surface area contributed by atoms with E-state index < -0.39 is 0 Å². The summed E-state index contributed by atoms with van der Waals surface area (Å²) in [7, 11) is 0. The zero-order valence-electron chi connectivity index (χ0n) is 49.9. The Bertz CT molecular complexity index is 3300. The molecule has 12 bridgehead atoms. The minimum absolute atomic E-state index is 0.617. The molecule has 4 aliphatic rings. The fourth-order valence-corrected chi connectivity index (χ4v) is 13.4. The van der Waals surface area contributed by atoms with E-state index in [1.807, 2.05) is 0 Å². The summed E-state index contributed by atoms with van der Waals surface area (Å²) >= 11 is 0. The van der Waals surface area contributed by atoms with Gasteiger partial charge in [0.25, 0.3) is 0 Å². The van der Waals surface area contributed by atoms with Crippen LogP contribution in [0.25, 0.3) is 90.9 Å². The van der Waals surface area contributed by atoms with Gasteiger partial charge < -0.3 is 28.9 Å².